The van der Waals surface area contributed by atoms with Crippen molar-refractivity contribution in [3.63, 3.8) is 0 Å². The van der Waals surface area contributed by atoms with Crippen LogP contribution in [0.2, 0.25) is 0 Å². The molecule has 1 spiro atoms. The average Bonchev–Trinajstić information content (AvgIpc) is 3.34. The van der Waals surface area contributed by atoms with Crippen molar-refractivity contribution in [1.29, 1.82) is 0 Å². The maximum Gasteiger partial charge on any atom is 0.223 e. The molecule has 3 atom stereocenters. The maximum absolute atomic E-state index is 12.6. The standard InChI is InChI=1S/C20H27FN2O2/c1-14-12-16(14)19(24)22-17-13-20(6-9-23(10-7-20)11-8-21)25-18-5-3-2-4-15(17)18/h2-5,14,16-17H,6-13H2,1H3,(H,22,24)/t14-,16+,17+/m1/s1. The first-order valence-corrected chi connectivity index (χ1v) is 9.47. The lowest BCUT2D eigenvalue weighted by Gasteiger charge is -2.47. The normalized spacial score (nSPS) is 30.4. The van der Waals surface area contributed by atoms with Gasteiger partial charge in [0.2, 0.25) is 5.91 Å². The van der Waals surface area contributed by atoms with E-state index in [2.05, 4.69) is 23.2 Å². The Labute approximate surface area is 148 Å². The smallest absolute Gasteiger partial charge is 0.223 e. The minimum atomic E-state index is -0.297. The van der Waals surface area contributed by atoms with Gasteiger partial charge in [-0.2, -0.15) is 0 Å². The van der Waals surface area contributed by atoms with Crippen LogP contribution < -0.4 is 10.1 Å². The van der Waals surface area contributed by atoms with Crippen LogP contribution >= 0.6 is 0 Å². The molecule has 2 heterocycles. The number of carbonyl (C=O) groups is 1. The van der Waals surface area contributed by atoms with E-state index in [1.54, 1.807) is 0 Å². The fourth-order valence-corrected chi connectivity index (χ4v) is 4.32. The highest BCUT2D eigenvalue weighted by molar-refractivity contribution is 5.82. The molecule has 0 radical (unpaired) electrons. The van der Waals surface area contributed by atoms with Crippen molar-refractivity contribution < 1.29 is 13.9 Å². The Morgan fingerprint density at radius 2 is 2.08 bits per heavy atom. The molecule has 0 unspecified atom stereocenters. The van der Waals surface area contributed by atoms with Gasteiger partial charge in [0.1, 0.15) is 18.0 Å². The Hall–Kier alpha value is -1.62. The predicted octanol–water partition coefficient (Wildman–Crippen LogP) is 3.09. The second kappa shape index (κ2) is 6.60. The quantitative estimate of drug-likeness (QED) is 0.911. The molecule has 2 fully saturated rings. The highest BCUT2D eigenvalue weighted by atomic mass is 19.1. The molecule has 1 aromatic carbocycles. The Kier molecular flexibility index (Phi) is 4.44. The summed E-state index contributed by atoms with van der Waals surface area (Å²) < 4.78 is 19.0. The third-order valence-corrected chi connectivity index (χ3v) is 6.13. The average molecular weight is 346 g/mol. The van der Waals surface area contributed by atoms with E-state index in [9.17, 15) is 9.18 Å². The van der Waals surface area contributed by atoms with E-state index in [0.29, 0.717) is 12.5 Å². The third-order valence-electron chi connectivity index (χ3n) is 6.13. The van der Waals surface area contributed by atoms with Crippen LogP contribution in [0.25, 0.3) is 0 Å². The summed E-state index contributed by atoms with van der Waals surface area (Å²) in [6, 6.07) is 8.06. The first-order valence-electron chi connectivity index (χ1n) is 9.47. The van der Waals surface area contributed by atoms with Crippen LogP contribution in [-0.4, -0.2) is 42.7 Å². The second-order valence-corrected chi connectivity index (χ2v) is 7.94. The van der Waals surface area contributed by atoms with Gasteiger partial charge in [0.25, 0.3) is 0 Å². The molecule has 3 aliphatic rings. The van der Waals surface area contributed by atoms with Crippen molar-refractivity contribution >= 4 is 5.91 Å². The Bertz CT molecular complexity index is 642. The molecule has 2 aliphatic heterocycles. The molecule has 4 nitrogen and oxygen atoms in total. The summed E-state index contributed by atoms with van der Waals surface area (Å²) in [5.74, 6) is 1.76. The molecule has 25 heavy (non-hydrogen) atoms. The minimum Gasteiger partial charge on any atom is -0.487 e. The number of nitrogens with zero attached hydrogens (tertiary/aromatic N) is 1. The first-order chi connectivity index (χ1) is 12.1. The molecular formula is C20H27FN2O2. The van der Waals surface area contributed by atoms with Gasteiger partial charge in [-0.3, -0.25) is 4.79 Å². The van der Waals surface area contributed by atoms with Crippen LogP contribution in [-0.2, 0) is 4.79 Å². The zero-order chi connectivity index (χ0) is 17.4. The van der Waals surface area contributed by atoms with Crippen molar-refractivity contribution in [3.05, 3.63) is 29.8 Å². The lowest BCUT2D eigenvalue weighted by atomic mass is 9.80. The molecule has 0 bridgehead atoms. The number of likely N-dealkylation sites (tertiary alicyclic amines) is 1. The van der Waals surface area contributed by atoms with Crippen molar-refractivity contribution in [3.8, 4) is 5.75 Å². The van der Waals surface area contributed by atoms with Crippen LogP contribution in [0.1, 0.15) is 44.2 Å². The van der Waals surface area contributed by atoms with E-state index >= 15 is 0 Å². The van der Waals surface area contributed by atoms with Gasteiger partial charge >= 0.3 is 0 Å². The van der Waals surface area contributed by atoms with Crippen LogP contribution in [0.4, 0.5) is 4.39 Å². The van der Waals surface area contributed by atoms with Gasteiger partial charge in [0, 0.05) is 37.5 Å². The van der Waals surface area contributed by atoms with Gasteiger partial charge in [-0.15, -0.1) is 0 Å². The lowest BCUT2D eigenvalue weighted by molar-refractivity contribution is -0.124. The molecule has 136 valence electrons. The molecule has 1 aliphatic carbocycles. The van der Waals surface area contributed by atoms with Crippen LogP contribution in [0.3, 0.4) is 0 Å². The zero-order valence-electron chi connectivity index (χ0n) is 14.8. The number of benzene rings is 1. The summed E-state index contributed by atoms with van der Waals surface area (Å²) in [6.45, 7) is 4.05. The largest absolute Gasteiger partial charge is 0.487 e. The number of nitrogens with one attached hydrogen (secondary N) is 1. The Morgan fingerprint density at radius 1 is 1.36 bits per heavy atom. The molecule has 1 amide bonds. The summed E-state index contributed by atoms with van der Waals surface area (Å²) in [5, 5.41) is 3.28. The molecule has 1 N–H and O–H groups in total. The first kappa shape index (κ1) is 16.8. The van der Waals surface area contributed by atoms with Crippen molar-refractivity contribution in [2.24, 2.45) is 11.8 Å². The van der Waals surface area contributed by atoms with Gasteiger partial charge in [-0.1, -0.05) is 25.1 Å². The maximum atomic E-state index is 12.6. The topological polar surface area (TPSA) is 41.6 Å². The number of carbonyl (C=O) groups excluding carboxylic acids is 1. The molecule has 0 aromatic heterocycles. The number of para-hydroxylation sites is 1. The van der Waals surface area contributed by atoms with E-state index in [1.165, 1.54) is 0 Å². The summed E-state index contributed by atoms with van der Waals surface area (Å²) in [6.07, 6.45) is 3.57. The number of amides is 1. The number of alkyl halides is 1. The highest BCUT2D eigenvalue weighted by Gasteiger charge is 2.45. The van der Waals surface area contributed by atoms with E-state index < -0.39 is 0 Å². The number of ether oxygens (including phenoxy) is 1. The number of halogens is 1. The molecule has 1 aromatic rings. The zero-order valence-corrected chi connectivity index (χ0v) is 14.8. The Balaban J connectivity index is 1.51. The molecule has 4 rings (SSSR count). The van der Waals surface area contributed by atoms with Crippen molar-refractivity contribution in [1.82, 2.24) is 10.2 Å². The molecule has 1 saturated heterocycles. The number of piperidine rings is 1. The monoisotopic (exact) mass is 346 g/mol. The SMILES string of the molecule is C[C@@H]1C[C@@H]1C(=O)N[C@H]1CC2(CCN(CCF)CC2)Oc2ccccc21. The van der Waals surface area contributed by atoms with Gasteiger partial charge in [0.05, 0.1) is 6.04 Å². The van der Waals surface area contributed by atoms with E-state index in [1.807, 2.05) is 18.2 Å². The summed E-state index contributed by atoms with van der Waals surface area (Å²) in [5.41, 5.74) is 0.842. The van der Waals surface area contributed by atoms with E-state index in [0.717, 1.165) is 50.1 Å². The predicted molar refractivity (Wildman–Crippen MR) is 94.2 cm³/mol. The van der Waals surface area contributed by atoms with Crippen LogP contribution in [0.5, 0.6) is 5.75 Å². The van der Waals surface area contributed by atoms with Gasteiger partial charge in [-0.25, -0.2) is 4.39 Å². The number of hydrogen-bond donors (Lipinski definition) is 1. The molecule has 5 heteroatoms. The molecular weight excluding hydrogens is 319 g/mol. The number of hydrogen-bond acceptors (Lipinski definition) is 3. The van der Waals surface area contributed by atoms with E-state index in [-0.39, 0.29) is 30.1 Å². The van der Waals surface area contributed by atoms with Crippen molar-refractivity contribution in [2.45, 2.75) is 44.2 Å². The van der Waals surface area contributed by atoms with Gasteiger partial charge in [0.15, 0.2) is 0 Å². The van der Waals surface area contributed by atoms with Crippen molar-refractivity contribution in [2.75, 3.05) is 26.3 Å². The molecule has 1 saturated carbocycles. The van der Waals surface area contributed by atoms with Gasteiger partial charge < -0.3 is 15.0 Å². The third kappa shape index (κ3) is 3.39. The fraction of sp³-hybridized carbons (Fsp3) is 0.650. The fourth-order valence-electron chi connectivity index (χ4n) is 4.32. The Morgan fingerprint density at radius 3 is 2.76 bits per heavy atom. The second-order valence-electron chi connectivity index (χ2n) is 7.94. The number of rotatable bonds is 4. The van der Waals surface area contributed by atoms with Gasteiger partial charge in [-0.05, 0) is 31.2 Å². The highest BCUT2D eigenvalue weighted by Crippen LogP contribution is 2.45. The summed E-state index contributed by atoms with van der Waals surface area (Å²) in [7, 11) is 0. The number of fused-ring (bicyclic) bond motifs is 1. The minimum absolute atomic E-state index is 0.0120. The summed E-state index contributed by atoms with van der Waals surface area (Å²) >= 11 is 0. The summed E-state index contributed by atoms with van der Waals surface area (Å²) in [4.78, 5) is 14.7. The van der Waals surface area contributed by atoms with Crippen LogP contribution in [0.15, 0.2) is 24.3 Å². The lowest BCUT2D eigenvalue weighted by Crippen LogP contribution is -2.52. The van der Waals surface area contributed by atoms with E-state index in [4.69, 9.17) is 4.74 Å². The van der Waals surface area contributed by atoms with Crippen LogP contribution in [0, 0.1) is 11.8 Å².